The van der Waals surface area contributed by atoms with Crippen LogP contribution in [-0.4, -0.2) is 46.0 Å². The van der Waals surface area contributed by atoms with E-state index in [1.807, 2.05) is 13.8 Å². The van der Waals surface area contributed by atoms with Gasteiger partial charge in [0.25, 0.3) is 5.91 Å². The molecule has 7 heteroatoms. The second-order valence-electron chi connectivity index (χ2n) is 4.39. The normalized spacial score (nSPS) is 10.3. The lowest BCUT2D eigenvalue weighted by Crippen LogP contribution is -2.39. The Morgan fingerprint density at radius 2 is 1.75 bits per heavy atom. The van der Waals surface area contributed by atoms with Crippen molar-refractivity contribution in [2.24, 2.45) is 0 Å². The summed E-state index contributed by atoms with van der Waals surface area (Å²) < 4.78 is 0. The Hall–Kier alpha value is -1.89. The Morgan fingerprint density at radius 3 is 2.20 bits per heavy atom. The van der Waals surface area contributed by atoms with E-state index >= 15 is 0 Å². The summed E-state index contributed by atoms with van der Waals surface area (Å²) in [5.41, 5.74) is 1.05. The Kier molecular flexibility index (Phi) is 5.69. The van der Waals surface area contributed by atoms with E-state index in [1.165, 1.54) is 11.3 Å². The van der Waals surface area contributed by atoms with Gasteiger partial charge >= 0.3 is 11.9 Å². The van der Waals surface area contributed by atoms with Crippen LogP contribution in [0.25, 0.3) is 0 Å². The third kappa shape index (κ3) is 4.34. The molecule has 20 heavy (non-hydrogen) atoms. The SMILES string of the molecule is CCCc1cc(C(=O)N(CC(=O)O)CC(=O)O)sc1C. The molecule has 0 unspecified atom stereocenters. The van der Waals surface area contributed by atoms with Crippen LogP contribution in [0.2, 0.25) is 0 Å². The fourth-order valence-electron chi connectivity index (χ4n) is 1.82. The Morgan fingerprint density at radius 1 is 1.20 bits per heavy atom. The van der Waals surface area contributed by atoms with Crippen LogP contribution < -0.4 is 0 Å². The maximum absolute atomic E-state index is 12.2. The molecule has 0 aliphatic carbocycles. The van der Waals surface area contributed by atoms with Crippen LogP contribution >= 0.6 is 11.3 Å². The predicted molar refractivity (Wildman–Crippen MR) is 74.2 cm³/mol. The fraction of sp³-hybridized carbons (Fsp3) is 0.462. The minimum atomic E-state index is -1.23. The molecular weight excluding hydrogens is 282 g/mol. The first-order valence-corrected chi connectivity index (χ1v) is 6.99. The van der Waals surface area contributed by atoms with Gasteiger partial charge in [-0.05, 0) is 25.0 Å². The number of carboxylic acid groups (broad SMARTS) is 2. The van der Waals surface area contributed by atoms with E-state index in [0.717, 1.165) is 28.2 Å². The third-order valence-corrected chi connectivity index (χ3v) is 3.77. The molecule has 0 aromatic carbocycles. The molecule has 0 spiro atoms. The Labute approximate surface area is 120 Å². The summed E-state index contributed by atoms with van der Waals surface area (Å²) in [5.74, 6) is -3.02. The Balaban J connectivity index is 2.95. The first kappa shape index (κ1) is 16.2. The zero-order valence-electron chi connectivity index (χ0n) is 11.4. The summed E-state index contributed by atoms with van der Waals surface area (Å²) in [5, 5.41) is 17.5. The molecule has 1 aromatic heterocycles. The van der Waals surface area contributed by atoms with Crippen LogP contribution in [0.5, 0.6) is 0 Å². The van der Waals surface area contributed by atoms with Gasteiger partial charge in [0.05, 0.1) is 4.88 Å². The number of hydrogen-bond acceptors (Lipinski definition) is 4. The summed E-state index contributed by atoms with van der Waals surface area (Å²) in [4.78, 5) is 35.8. The summed E-state index contributed by atoms with van der Waals surface area (Å²) in [6.45, 7) is 2.68. The highest BCUT2D eigenvalue weighted by atomic mass is 32.1. The number of nitrogens with zero attached hydrogens (tertiary/aromatic N) is 1. The summed E-state index contributed by atoms with van der Waals surface area (Å²) >= 11 is 1.27. The van der Waals surface area contributed by atoms with E-state index in [1.54, 1.807) is 6.07 Å². The molecule has 1 aromatic rings. The van der Waals surface area contributed by atoms with Gasteiger partial charge in [0.15, 0.2) is 0 Å². The van der Waals surface area contributed by atoms with Crippen molar-refractivity contribution < 1.29 is 24.6 Å². The first-order chi connectivity index (χ1) is 9.35. The summed E-state index contributed by atoms with van der Waals surface area (Å²) in [6, 6.07) is 1.72. The number of thiophene rings is 1. The largest absolute Gasteiger partial charge is 0.480 e. The van der Waals surface area contributed by atoms with Gasteiger partial charge in [-0.2, -0.15) is 0 Å². The standard InChI is InChI=1S/C13H17NO5S/c1-3-4-9-5-10(20-8(9)2)13(19)14(6-11(15)16)7-12(17)18/h5H,3-4,6-7H2,1-2H3,(H,15,16)(H,17,18). The molecule has 6 nitrogen and oxygen atoms in total. The minimum absolute atomic E-state index is 0.383. The van der Waals surface area contributed by atoms with Crippen LogP contribution in [0.1, 0.15) is 33.5 Å². The number of carbonyl (C=O) groups is 3. The van der Waals surface area contributed by atoms with Crippen LogP contribution in [0.3, 0.4) is 0 Å². The summed E-state index contributed by atoms with van der Waals surface area (Å²) in [7, 11) is 0. The smallest absolute Gasteiger partial charge is 0.323 e. The van der Waals surface area contributed by atoms with E-state index < -0.39 is 30.9 Å². The van der Waals surface area contributed by atoms with Crippen LogP contribution in [0.15, 0.2) is 6.07 Å². The number of carbonyl (C=O) groups excluding carboxylic acids is 1. The molecule has 0 bridgehead atoms. The second kappa shape index (κ2) is 7.04. The number of hydrogen-bond donors (Lipinski definition) is 2. The molecule has 1 heterocycles. The van der Waals surface area contributed by atoms with Gasteiger partial charge in [-0.3, -0.25) is 14.4 Å². The van der Waals surface area contributed by atoms with E-state index in [2.05, 4.69) is 0 Å². The van der Waals surface area contributed by atoms with Gasteiger partial charge in [0.2, 0.25) is 0 Å². The summed E-state index contributed by atoms with van der Waals surface area (Å²) in [6.07, 6.45) is 1.78. The van der Waals surface area contributed by atoms with Crippen molar-refractivity contribution in [1.29, 1.82) is 0 Å². The maximum Gasteiger partial charge on any atom is 0.323 e. The minimum Gasteiger partial charge on any atom is -0.480 e. The predicted octanol–water partition coefficient (Wildman–Crippen LogP) is 1.62. The zero-order valence-corrected chi connectivity index (χ0v) is 12.2. The van der Waals surface area contributed by atoms with Gasteiger partial charge in [-0.15, -0.1) is 11.3 Å². The highest BCUT2D eigenvalue weighted by Crippen LogP contribution is 2.24. The zero-order chi connectivity index (χ0) is 15.3. The number of amides is 1. The molecule has 1 rings (SSSR count). The topological polar surface area (TPSA) is 94.9 Å². The first-order valence-electron chi connectivity index (χ1n) is 6.17. The van der Waals surface area contributed by atoms with Crippen LogP contribution in [-0.2, 0) is 16.0 Å². The highest BCUT2D eigenvalue weighted by molar-refractivity contribution is 7.14. The van der Waals surface area contributed by atoms with Gasteiger partial charge in [-0.1, -0.05) is 13.3 Å². The molecule has 2 N–H and O–H groups in total. The van der Waals surface area contributed by atoms with E-state index in [9.17, 15) is 14.4 Å². The van der Waals surface area contributed by atoms with E-state index in [-0.39, 0.29) is 0 Å². The van der Waals surface area contributed by atoms with E-state index in [0.29, 0.717) is 4.88 Å². The molecule has 0 saturated carbocycles. The van der Waals surface area contributed by atoms with Crippen molar-refractivity contribution >= 4 is 29.2 Å². The lowest BCUT2D eigenvalue weighted by molar-refractivity contribution is -0.140. The maximum atomic E-state index is 12.2. The van der Waals surface area contributed by atoms with Gasteiger partial charge < -0.3 is 15.1 Å². The number of aliphatic carboxylic acids is 2. The molecule has 0 aliphatic heterocycles. The molecule has 0 radical (unpaired) electrons. The van der Waals surface area contributed by atoms with E-state index in [4.69, 9.17) is 10.2 Å². The average Bonchev–Trinajstić information content (AvgIpc) is 2.68. The molecule has 1 amide bonds. The van der Waals surface area contributed by atoms with Crippen molar-refractivity contribution in [3.05, 3.63) is 21.4 Å². The quantitative estimate of drug-likeness (QED) is 0.797. The molecule has 0 aliphatic rings. The molecule has 110 valence electrons. The number of rotatable bonds is 7. The van der Waals surface area contributed by atoms with Crippen LogP contribution in [0.4, 0.5) is 0 Å². The average molecular weight is 299 g/mol. The van der Waals surface area contributed by atoms with Gasteiger partial charge in [0, 0.05) is 4.88 Å². The molecule has 0 fully saturated rings. The third-order valence-electron chi connectivity index (χ3n) is 2.69. The van der Waals surface area contributed by atoms with Crippen molar-refractivity contribution in [3.8, 4) is 0 Å². The highest BCUT2D eigenvalue weighted by Gasteiger charge is 2.23. The molecular formula is C13H17NO5S. The van der Waals surface area contributed by atoms with Crippen molar-refractivity contribution in [2.45, 2.75) is 26.7 Å². The van der Waals surface area contributed by atoms with Crippen molar-refractivity contribution in [2.75, 3.05) is 13.1 Å². The second-order valence-corrected chi connectivity index (χ2v) is 5.65. The Bertz CT molecular complexity index is 507. The number of carboxylic acids is 2. The monoisotopic (exact) mass is 299 g/mol. The van der Waals surface area contributed by atoms with Gasteiger partial charge in [0.1, 0.15) is 13.1 Å². The molecule has 0 saturated heterocycles. The molecule has 0 atom stereocenters. The van der Waals surface area contributed by atoms with Crippen molar-refractivity contribution in [3.63, 3.8) is 0 Å². The lowest BCUT2D eigenvalue weighted by Gasteiger charge is -2.17. The van der Waals surface area contributed by atoms with Crippen LogP contribution in [0, 0.1) is 6.92 Å². The number of aryl methyl sites for hydroxylation is 2. The fourth-order valence-corrected chi connectivity index (χ4v) is 2.86. The lowest BCUT2D eigenvalue weighted by atomic mass is 10.1. The van der Waals surface area contributed by atoms with Gasteiger partial charge in [-0.25, -0.2) is 0 Å². The van der Waals surface area contributed by atoms with Crippen molar-refractivity contribution in [1.82, 2.24) is 4.90 Å².